The van der Waals surface area contributed by atoms with E-state index in [1.54, 1.807) is 18.2 Å². The Morgan fingerprint density at radius 2 is 1.92 bits per heavy atom. The second kappa shape index (κ2) is 9.47. The van der Waals surface area contributed by atoms with Crippen LogP contribution >= 0.6 is 0 Å². The van der Waals surface area contributed by atoms with E-state index < -0.39 is 22.2 Å². The van der Waals surface area contributed by atoms with Crippen LogP contribution in [-0.4, -0.2) is 36.8 Å². The summed E-state index contributed by atoms with van der Waals surface area (Å²) in [4.78, 5) is 12.8. The molecule has 8 heteroatoms. The van der Waals surface area contributed by atoms with Gasteiger partial charge in [0.1, 0.15) is 11.9 Å². The minimum atomic E-state index is -3.72. The zero-order valence-corrected chi connectivity index (χ0v) is 21.4. The molecule has 0 aliphatic heterocycles. The zero-order valence-electron chi connectivity index (χ0n) is 20.6. The molecule has 2 aromatic rings. The van der Waals surface area contributed by atoms with Crippen molar-refractivity contribution in [2.45, 2.75) is 81.3 Å². The SMILES string of the molecule is C[C@]12CCC3c4ccc(O)cc4CCC3C1C[C@@H](O)[C@@H]2OC(=O)CCCc1ccc(S(N)(=O)=O)cc1. The second-order valence-corrected chi connectivity index (χ2v) is 12.7. The number of carbonyl (C=O) groups excluding carboxylic acids is 1. The minimum absolute atomic E-state index is 0.0676. The van der Waals surface area contributed by atoms with E-state index in [0.717, 1.165) is 31.2 Å². The van der Waals surface area contributed by atoms with Gasteiger partial charge in [-0.2, -0.15) is 0 Å². The van der Waals surface area contributed by atoms with Gasteiger partial charge in [0, 0.05) is 11.8 Å². The molecule has 0 heterocycles. The molecule has 0 aromatic heterocycles. The zero-order chi connectivity index (χ0) is 25.7. The molecule has 7 nitrogen and oxygen atoms in total. The Bertz CT molecular complexity index is 1240. The van der Waals surface area contributed by atoms with Gasteiger partial charge in [0.15, 0.2) is 0 Å². The number of primary sulfonamides is 1. The monoisotopic (exact) mass is 513 g/mol. The fourth-order valence-corrected chi connectivity index (χ4v) is 7.75. The van der Waals surface area contributed by atoms with Gasteiger partial charge >= 0.3 is 5.97 Å². The molecule has 3 aliphatic rings. The van der Waals surface area contributed by atoms with Gasteiger partial charge in [-0.3, -0.25) is 4.79 Å². The number of aryl methyl sites for hydroxylation is 2. The Morgan fingerprint density at radius 1 is 1.17 bits per heavy atom. The van der Waals surface area contributed by atoms with Crippen molar-refractivity contribution < 1.29 is 28.2 Å². The van der Waals surface area contributed by atoms with Crippen LogP contribution in [0.4, 0.5) is 0 Å². The van der Waals surface area contributed by atoms with E-state index in [2.05, 4.69) is 13.0 Å². The first-order valence-corrected chi connectivity index (χ1v) is 14.4. The summed E-state index contributed by atoms with van der Waals surface area (Å²) in [5.41, 5.74) is 3.25. The van der Waals surface area contributed by atoms with Crippen molar-refractivity contribution >= 4 is 16.0 Å². The number of aliphatic hydroxyl groups excluding tert-OH is 1. The topological polar surface area (TPSA) is 127 Å². The Morgan fingerprint density at radius 3 is 2.64 bits per heavy atom. The molecule has 2 fully saturated rings. The summed E-state index contributed by atoms with van der Waals surface area (Å²) in [6.07, 6.45) is 4.77. The Balaban J connectivity index is 1.20. The van der Waals surface area contributed by atoms with Crippen LogP contribution < -0.4 is 5.14 Å². The first-order valence-electron chi connectivity index (χ1n) is 12.9. The van der Waals surface area contributed by atoms with E-state index in [9.17, 15) is 23.4 Å². The number of rotatable bonds is 6. The first-order chi connectivity index (χ1) is 17.1. The Kier molecular flexibility index (Phi) is 6.64. The highest BCUT2D eigenvalue weighted by molar-refractivity contribution is 7.89. The number of phenolic OH excluding ortho intramolecular Hbond substituents is 1. The van der Waals surface area contributed by atoms with Gasteiger partial charge < -0.3 is 14.9 Å². The number of hydrogen-bond donors (Lipinski definition) is 3. The number of nitrogens with two attached hydrogens (primary N) is 1. The van der Waals surface area contributed by atoms with Crippen molar-refractivity contribution in [3.8, 4) is 5.75 Å². The molecule has 2 aromatic carbocycles. The molecule has 36 heavy (non-hydrogen) atoms. The van der Waals surface area contributed by atoms with Gasteiger partial charge in [0.05, 0.1) is 11.0 Å². The van der Waals surface area contributed by atoms with Gasteiger partial charge in [0.25, 0.3) is 0 Å². The Labute approximate surface area is 212 Å². The summed E-state index contributed by atoms with van der Waals surface area (Å²) in [6, 6.07) is 12.1. The average molecular weight is 514 g/mol. The van der Waals surface area contributed by atoms with Crippen LogP contribution in [-0.2, 0) is 32.4 Å². The van der Waals surface area contributed by atoms with Crippen molar-refractivity contribution in [2.75, 3.05) is 0 Å². The lowest BCUT2D eigenvalue weighted by Gasteiger charge is -2.50. The standard InChI is InChI=1S/C28H35NO6S/c1-28-14-13-22-21-12-8-19(30)15-18(21)7-11-23(22)24(28)16-25(31)27(28)35-26(32)4-2-3-17-5-9-20(10-6-17)36(29,33)34/h5-6,8-10,12,15,22-25,27,30-31H,2-4,7,11,13-14,16H2,1H3,(H2,29,33,34)/t22?,23?,24?,25-,27+,28+/m1/s1. The van der Waals surface area contributed by atoms with Crippen LogP contribution in [0.5, 0.6) is 5.75 Å². The number of hydrogen-bond acceptors (Lipinski definition) is 6. The molecule has 0 spiro atoms. The average Bonchev–Trinajstić information content (AvgIpc) is 3.08. The summed E-state index contributed by atoms with van der Waals surface area (Å²) in [6.45, 7) is 2.18. The summed E-state index contributed by atoms with van der Waals surface area (Å²) in [5.74, 6) is 1.18. The summed E-state index contributed by atoms with van der Waals surface area (Å²) < 4.78 is 28.7. The maximum atomic E-state index is 12.8. The lowest BCUT2D eigenvalue weighted by Crippen LogP contribution is -2.46. The van der Waals surface area contributed by atoms with Crippen LogP contribution in [0.1, 0.15) is 68.1 Å². The number of sulfonamides is 1. The molecule has 5 rings (SSSR count). The third kappa shape index (κ3) is 4.66. The third-order valence-corrected chi connectivity index (χ3v) is 9.93. The number of carbonyl (C=O) groups is 1. The number of benzene rings is 2. The lowest BCUT2D eigenvalue weighted by molar-refractivity contribution is -0.164. The molecule has 2 saturated carbocycles. The van der Waals surface area contributed by atoms with Gasteiger partial charge in [0.2, 0.25) is 10.0 Å². The van der Waals surface area contributed by atoms with E-state index >= 15 is 0 Å². The molecule has 3 unspecified atom stereocenters. The van der Waals surface area contributed by atoms with Gasteiger partial charge in [-0.05, 0) is 104 Å². The molecule has 0 saturated heterocycles. The number of aromatic hydroxyl groups is 1. The van der Waals surface area contributed by atoms with E-state index in [1.807, 2.05) is 6.07 Å². The smallest absolute Gasteiger partial charge is 0.306 e. The van der Waals surface area contributed by atoms with E-state index in [1.165, 1.54) is 23.3 Å². The van der Waals surface area contributed by atoms with Crippen molar-refractivity contribution in [1.82, 2.24) is 0 Å². The third-order valence-electron chi connectivity index (χ3n) is 9.00. The number of phenols is 1. The highest BCUT2D eigenvalue weighted by Gasteiger charge is 2.59. The van der Waals surface area contributed by atoms with Gasteiger partial charge in [-0.15, -0.1) is 0 Å². The first kappa shape index (κ1) is 25.2. The van der Waals surface area contributed by atoms with E-state index in [4.69, 9.17) is 9.88 Å². The van der Waals surface area contributed by atoms with Crippen molar-refractivity contribution in [2.24, 2.45) is 22.4 Å². The molecule has 4 N–H and O–H groups in total. The second-order valence-electron chi connectivity index (χ2n) is 11.1. The van der Waals surface area contributed by atoms with Gasteiger partial charge in [-0.1, -0.05) is 25.1 Å². The molecular formula is C28H35NO6S. The summed E-state index contributed by atoms with van der Waals surface area (Å²) >= 11 is 0. The molecule has 0 radical (unpaired) electrons. The molecule has 0 amide bonds. The molecule has 0 bridgehead atoms. The predicted molar refractivity (Wildman–Crippen MR) is 135 cm³/mol. The molecule has 194 valence electrons. The molecular weight excluding hydrogens is 478 g/mol. The normalized spacial score (nSPS) is 31.2. The van der Waals surface area contributed by atoms with Crippen LogP contribution in [0.25, 0.3) is 0 Å². The highest BCUT2D eigenvalue weighted by Crippen LogP contribution is 2.61. The predicted octanol–water partition coefficient (Wildman–Crippen LogP) is 3.80. The summed E-state index contributed by atoms with van der Waals surface area (Å²) in [7, 11) is -3.72. The number of fused-ring (bicyclic) bond motifs is 5. The van der Waals surface area contributed by atoms with Crippen LogP contribution in [0.15, 0.2) is 47.4 Å². The fraction of sp³-hybridized carbons (Fsp3) is 0.536. The van der Waals surface area contributed by atoms with Crippen molar-refractivity contribution in [3.63, 3.8) is 0 Å². The summed E-state index contributed by atoms with van der Waals surface area (Å²) in [5, 5.41) is 26.0. The molecule has 3 aliphatic carbocycles. The van der Waals surface area contributed by atoms with E-state index in [-0.39, 0.29) is 22.7 Å². The maximum Gasteiger partial charge on any atom is 0.306 e. The van der Waals surface area contributed by atoms with Crippen LogP contribution in [0, 0.1) is 17.3 Å². The quantitative estimate of drug-likeness (QED) is 0.504. The van der Waals surface area contributed by atoms with Crippen molar-refractivity contribution in [1.29, 1.82) is 0 Å². The number of aliphatic hydroxyl groups is 1. The van der Waals surface area contributed by atoms with Gasteiger partial charge in [-0.25, -0.2) is 13.6 Å². The highest BCUT2D eigenvalue weighted by atomic mass is 32.2. The van der Waals surface area contributed by atoms with Crippen LogP contribution in [0.2, 0.25) is 0 Å². The van der Waals surface area contributed by atoms with Crippen LogP contribution in [0.3, 0.4) is 0 Å². The van der Waals surface area contributed by atoms with E-state index in [0.29, 0.717) is 42.8 Å². The number of esters is 1. The van der Waals surface area contributed by atoms with Crippen molar-refractivity contribution in [3.05, 3.63) is 59.2 Å². The molecule has 6 atom stereocenters. The Hall–Kier alpha value is -2.42. The lowest BCUT2D eigenvalue weighted by atomic mass is 9.55. The minimum Gasteiger partial charge on any atom is -0.508 e. The maximum absolute atomic E-state index is 12.8. The fourth-order valence-electron chi connectivity index (χ4n) is 7.23. The number of ether oxygens (including phenoxy) is 1. The largest absolute Gasteiger partial charge is 0.508 e.